The Morgan fingerprint density at radius 3 is 2.52 bits per heavy atom. The van der Waals surface area contributed by atoms with Crippen LogP contribution in [0, 0.1) is 0 Å². The van der Waals surface area contributed by atoms with Gasteiger partial charge in [0.25, 0.3) is 0 Å². The number of nitrogens with one attached hydrogen (secondary N) is 1. The van der Waals surface area contributed by atoms with E-state index in [1.165, 1.54) is 0 Å². The van der Waals surface area contributed by atoms with Crippen LogP contribution in [0.5, 0.6) is 17.2 Å². The summed E-state index contributed by atoms with van der Waals surface area (Å²) in [6, 6.07) is 11.4. The molecule has 29 heavy (non-hydrogen) atoms. The van der Waals surface area contributed by atoms with Gasteiger partial charge in [0.15, 0.2) is 11.5 Å². The van der Waals surface area contributed by atoms with Gasteiger partial charge in [-0.25, -0.2) is 4.79 Å². The van der Waals surface area contributed by atoms with Crippen molar-refractivity contribution in [2.45, 2.75) is 20.0 Å². The van der Waals surface area contributed by atoms with Crippen LogP contribution in [0.15, 0.2) is 36.4 Å². The quantitative estimate of drug-likeness (QED) is 0.573. The Bertz CT molecular complexity index is 1030. The molecule has 7 heteroatoms. The van der Waals surface area contributed by atoms with Gasteiger partial charge in [0, 0.05) is 37.2 Å². The maximum atomic E-state index is 11.9. The monoisotopic (exact) mass is 398 g/mol. The molecule has 0 unspecified atom stereocenters. The molecule has 0 amide bonds. The van der Waals surface area contributed by atoms with E-state index in [9.17, 15) is 9.90 Å². The molecule has 1 aromatic heterocycles. The predicted molar refractivity (Wildman–Crippen MR) is 111 cm³/mol. The average Bonchev–Trinajstić information content (AvgIpc) is 3.00. The Morgan fingerprint density at radius 1 is 1.07 bits per heavy atom. The van der Waals surface area contributed by atoms with Crippen molar-refractivity contribution in [2.24, 2.45) is 7.05 Å². The lowest BCUT2D eigenvalue weighted by atomic mass is 10.1. The normalized spacial score (nSPS) is 10.9. The van der Waals surface area contributed by atoms with Crippen LogP contribution in [0.4, 0.5) is 0 Å². The van der Waals surface area contributed by atoms with E-state index >= 15 is 0 Å². The minimum atomic E-state index is -0.956. The van der Waals surface area contributed by atoms with Crippen LogP contribution in [-0.4, -0.2) is 36.5 Å². The van der Waals surface area contributed by atoms with Gasteiger partial charge in [-0.1, -0.05) is 6.07 Å². The average molecular weight is 398 g/mol. The van der Waals surface area contributed by atoms with Crippen LogP contribution < -0.4 is 19.5 Å². The van der Waals surface area contributed by atoms with Gasteiger partial charge in [-0.3, -0.25) is 0 Å². The summed E-state index contributed by atoms with van der Waals surface area (Å²) in [7, 11) is 4.96. The fraction of sp³-hybridized carbons (Fsp3) is 0.318. The largest absolute Gasteiger partial charge is 0.497 e. The van der Waals surface area contributed by atoms with Crippen molar-refractivity contribution in [1.82, 2.24) is 9.88 Å². The van der Waals surface area contributed by atoms with E-state index in [1.807, 2.05) is 43.3 Å². The lowest BCUT2D eigenvalue weighted by Crippen LogP contribution is -2.16. The number of aromatic nitrogens is 1. The van der Waals surface area contributed by atoms with E-state index < -0.39 is 5.97 Å². The zero-order chi connectivity index (χ0) is 21.0. The number of carboxylic acid groups (broad SMARTS) is 1. The molecule has 0 saturated carbocycles. The van der Waals surface area contributed by atoms with Gasteiger partial charge in [-0.05, 0) is 36.8 Å². The molecule has 0 atom stereocenters. The minimum absolute atomic E-state index is 0.269. The van der Waals surface area contributed by atoms with Gasteiger partial charge >= 0.3 is 5.97 Å². The molecule has 7 nitrogen and oxygen atoms in total. The SMILES string of the molecule is CCOc1cc(CNCc2c(C(=O)O)n(C)c3cc(OC)ccc23)ccc1OC. The number of ether oxygens (including phenoxy) is 3. The summed E-state index contributed by atoms with van der Waals surface area (Å²) in [5.74, 6) is 1.11. The highest BCUT2D eigenvalue weighted by molar-refractivity contribution is 5.98. The van der Waals surface area contributed by atoms with Crippen LogP contribution in [0.2, 0.25) is 0 Å². The maximum Gasteiger partial charge on any atom is 0.352 e. The fourth-order valence-corrected chi connectivity index (χ4v) is 3.50. The molecule has 3 rings (SSSR count). The molecule has 0 aliphatic rings. The first-order valence-electron chi connectivity index (χ1n) is 9.39. The van der Waals surface area contributed by atoms with Gasteiger partial charge < -0.3 is 29.2 Å². The smallest absolute Gasteiger partial charge is 0.352 e. The Hall–Kier alpha value is -3.19. The Balaban J connectivity index is 1.84. The van der Waals surface area contributed by atoms with Crippen LogP contribution in [0.25, 0.3) is 10.9 Å². The van der Waals surface area contributed by atoms with Crippen LogP contribution >= 0.6 is 0 Å². The second kappa shape index (κ2) is 8.87. The van der Waals surface area contributed by atoms with Gasteiger partial charge in [-0.2, -0.15) is 0 Å². The number of benzene rings is 2. The predicted octanol–water partition coefficient (Wildman–Crippen LogP) is 3.58. The van der Waals surface area contributed by atoms with Gasteiger partial charge in [-0.15, -0.1) is 0 Å². The van der Waals surface area contributed by atoms with E-state index in [0.717, 1.165) is 22.0 Å². The number of nitrogens with zero attached hydrogens (tertiary/aromatic N) is 1. The third kappa shape index (κ3) is 4.14. The molecule has 2 aromatic carbocycles. The topological polar surface area (TPSA) is 82.0 Å². The van der Waals surface area contributed by atoms with E-state index in [2.05, 4.69) is 5.32 Å². The van der Waals surface area contributed by atoms with Gasteiger partial charge in [0.2, 0.25) is 0 Å². The summed E-state index contributed by atoms with van der Waals surface area (Å²) >= 11 is 0. The lowest BCUT2D eigenvalue weighted by molar-refractivity contribution is 0.0685. The molecular weight excluding hydrogens is 372 g/mol. The zero-order valence-electron chi connectivity index (χ0n) is 17.1. The fourth-order valence-electron chi connectivity index (χ4n) is 3.50. The lowest BCUT2D eigenvalue weighted by Gasteiger charge is -2.12. The number of hydrogen-bond acceptors (Lipinski definition) is 5. The second-order valence-corrected chi connectivity index (χ2v) is 6.60. The Kier molecular flexibility index (Phi) is 6.29. The molecule has 0 aliphatic carbocycles. The summed E-state index contributed by atoms with van der Waals surface area (Å²) in [6.45, 7) is 3.46. The van der Waals surface area contributed by atoms with E-state index in [0.29, 0.717) is 36.9 Å². The van der Waals surface area contributed by atoms with Crippen LogP contribution in [-0.2, 0) is 20.1 Å². The summed E-state index contributed by atoms with van der Waals surface area (Å²) in [6.07, 6.45) is 0. The number of aromatic carboxylic acids is 1. The molecule has 2 N–H and O–H groups in total. The molecule has 0 radical (unpaired) electrons. The first-order chi connectivity index (χ1) is 14.0. The Labute approximate surface area is 169 Å². The van der Waals surface area contributed by atoms with Gasteiger partial charge in [0.1, 0.15) is 11.4 Å². The van der Waals surface area contributed by atoms with Crippen molar-refractivity contribution < 1.29 is 24.1 Å². The standard InChI is InChI=1S/C22H26N2O5/c1-5-29-20-10-14(6-9-19(20)28-4)12-23-13-17-16-8-7-15(27-3)11-18(16)24(2)21(17)22(25)26/h6-11,23H,5,12-13H2,1-4H3,(H,25,26). The summed E-state index contributed by atoms with van der Waals surface area (Å²) < 4.78 is 17.9. The molecule has 0 saturated heterocycles. The molecule has 0 fully saturated rings. The zero-order valence-corrected chi connectivity index (χ0v) is 17.1. The number of hydrogen-bond donors (Lipinski definition) is 2. The van der Waals surface area contributed by atoms with Gasteiger partial charge in [0.05, 0.1) is 26.3 Å². The first kappa shape index (κ1) is 20.5. The highest BCUT2D eigenvalue weighted by atomic mass is 16.5. The summed E-state index contributed by atoms with van der Waals surface area (Å²) in [5, 5.41) is 14.0. The van der Waals surface area contributed by atoms with E-state index in [-0.39, 0.29) is 5.69 Å². The minimum Gasteiger partial charge on any atom is -0.497 e. The van der Waals surface area contributed by atoms with Crippen molar-refractivity contribution in [3.63, 3.8) is 0 Å². The molecule has 0 spiro atoms. The summed E-state index contributed by atoms with van der Waals surface area (Å²) in [4.78, 5) is 11.9. The van der Waals surface area contributed by atoms with Crippen molar-refractivity contribution in [1.29, 1.82) is 0 Å². The molecule has 0 aliphatic heterocycles. The molecule has 3 aromatic rings. The number of methoxy groups -OCH3 is 2. The third-order valence-electron chi connectivity index (χ3n) is 4.87. The number of carbonyl (C=O) groups is 1. The highest BCUT2D eigenvalue weighted by Crippen LogP contribution is 2.30. The van der Waals surface area contributed by atoms with Crippen molar-refractivity contribution in [2.75, 3.05) is 20.8 Å². The third-order valence-corrected chi connectivity index (χ3v) is 4.87. The van der Waals surface area contributed by atoms with E-state index in [1.54, 1.807) is 25.8 Å². The highest BCUT2D eigenvalue weighted by Gasteiger charge is 2.20. The second-order valence-electron chi connectivity index (χ2n) is 6.60. The number of aryl methyl sites for hydroxylation is 1. The maximum absolute atomic E-state index is 11.9. The van der Waals surface area contributed by atoms with E-state index in [4.69, 9.17) is 14.2 Å². The number of carboxylic acids is 1. The molecular formula is C22H26N2O5. The van der Waals surface area contributed by atoms with Crippen molar-refractivity contribution in [3.05, 3.63) is 53.2 Å². The first-order valence-corrected chi connectivity index (χ1v) is 9.39. The van der Waals surface area contributed by atoms with Crippen molar-refractivity contribution in [3.8, 4) is 17.2 Å². The molecule has 1 heterocycles. The van der Waals surface area contributed by atoms with Crippen molar-refractivity contribution >= 4 is 16.9 Å². The van der Waals surface area contributed by atoms with Crippen LogP contribution in [0.1, 0.15) is 28.5 Å². The molecule has 154 valence electrons. The molecule has 0 bridgehead atoms. The Morgan fingerprint density at radius 2 is 1.86 bits per heavy atom. The number of fused-ring (bicyclic) bond motifs is 1. The van der Waals surface area contributed by atoms with Crippen LogP contribution in [0.3, 0.4) is 0 Å². The summed E-state index contributed by atoms with van der Waals surface area (Å²) in [5.41, 5.74) is 2.86. The number of rotatable bonds is 9.